The number of rotatable bonds is 2. The second-order valence-electron chi connectivity index (χ2n) is 4.33. The number of nitrogens with zero attached hydrogens (tertiary/aromatic N) is 1. The highest BCUT2D eigenvalue weighted by Gasteiger charge is 2.30. The van der Waals surface area contributed by atoms with Crippen LogP contribution in [0.1, 0.15) is 6.42 Å². The van der Waals surface area contributed by atoms with Gasteiger partial charge in [0.05, 0.1) is 5.02 Å². The van der Waals surface area contributed by atoms with Gasteiger partial charge in [-0.25, -0.2) is 9.18 Å². The molecule has 102 valence electrons. The first-order valence-electron chi connectivity index (χ1n) is 5.75. The van der Waals surface area contributed by atoms with Crippen molar-refractivity contribution >= 4 is 29.2 Å². The Bertz CT molecular complexity index is 524. The Hall–Kier alpha value is -1.82. The fraction of sp³-hybridized carbons (Fsp3) is 0.333. The SMILES string of the molecule is CN1CC[C@H](NC(=O)Nc2ccc(Cl)c(F)c2)C1=O. The Kier molecular flexibility index (Phi) is 3.90. The van der Waals surface area contributed by atoms with Crippen LogP contribution in [0.4, 0.5) is 14.9 Å². The highest BCUT2D eigenvalue weighted by molar-refractivity contribution is 6.30. The minimum Gasteiger partial charge on any atom is -0.344 e. The summed E-state index contributed by atoms with van der Waals surface area (Å²) in [6.45, 7) is 0.610. The Balaban J connectivity index is 1.94. The molecule has 0 aliphatic carbocycles. The molecule has 1 aromatic rings. The Morgan fingerprint density at radius 3 is 2.84 bits per heavy atom. The molecule has 0 spiro atoms. The van der Waals surface area contributed by atoms with E-state index >= 15 is 0 Å². The van der Waals surface area contributed by atoms with Crippen LogP contribution in [0.5, 0.6) is 0 Å². The standard InChI is InChI=1S/C12H13ClFN3O2/c1-17-5-4-10(11(17)18)16-12(19)15-7-2-3-8(13)9(14)6-7/h2-3,6,10H,4-5H2,1H3,(H2,15,16,19)/t10-/m0/s1. The minimum absolute atomic E-state index is 0.0152. The van der Waals surface area contributed by atoms with E-state index in [4.69, 9.17) is 11.6 Å². The number of hydrogen-bond acceptors (Lipinski definition) is 2. The molecular formula is C12H13ClFN3O2. The summed E-state index contributed by atoms with van der Waals surface area (Å²) >= 11 is 5.54. The van der Waals surface area contributed by atoms with Gasteiger partial charge in [-0.15, -0.1) is 0 Å². The third-order valence-electron chi connectivity index (χ3n) is 2.91. The molecule has 1 heterocycles. The zero-order valence-corrected chi connectivity index (χ0v) is 11.0. The predicted octanol–water partition coefficient (Wildman–Crippen LogP) is 1.83. The van der Waals surface area contributed by atoms with Crippen molar-refractivity contribution in [3.05, 3.63) is 29.0 Å². The molecule has 3 amide bonds. The van der Waals surface area contributed by atoms with Gasteiger partial charge in [-0.3, -0.25) is 4.79 Å². The molecule has 1 aromatic carbocycles. The van der Waals surface area contributed by atoms with E-state index in [0.717, 1.165) is 6.07 Å². The number of benzene rings is 1. The molecule has 1 aliphatic heterocycles. The van der Waals surface area contributed by atoms with Crippen LogP contribution in [0, 0.1) is 5.82 Å². The van der Waals surface area contributed by atoms with Crippen LogP contribution in [0.3, 0.4) is 0 Å². The second kappa shape index (κ2) is 5.44. The van der Waals surface area contributed by atoms with Gasteiger partial charge in [0, 0.05) is 19.3 Å². The molecule has 0 aromatic heterocycles. The highest BCUT2D eigenvalue weighted by Crippen LogP contribution is 2.18. The number of likely N-dealkylation sites (tertiary alicyclic amines) is 1. The van der Waals surface area contributed by atoms with Gasteiger partial charge in [0.25, 0.3) is 0 Å². The van der Waals surface area contributed by atoms with E-state index in [-0.39, 0.29) is 16.6 Å². The molecular weight excluding hydrogens is 273 g/mol. The number of anilines is 1. The van der Waals surface area contributed by atoms with Gasteiger partial charge in [-0.05, 0) is 24.6 Å². The molecule has 2 N–H and O–H groups in total. The van der Waals surface area contributed by atoms with Crippen molar-refractivity contribution in [1.29, 1.82) is 0 Å². The van der Waals surface area contributed by atoms with Crippen molar-refractivity contribution in [3.63, 3.8) is 0 Å². The summed E-state index contributed by atoms with van der Waals surface area (Å²) in [4.78, 5) is 24.8. The molecule has 1 aliphatic rings. The van der Waals surface area contributed by atoms with E-state index in [2.05, 4.69) is 10.6 Å². The number of halogens is 2. The molecule has 1 saturated heterocycles. The summed E-state index contributed by atoms with van der Waals surface area (Å²) in [6, 6.07) is 2.87. The number of likely N-dealkylation sites (N-methyl/N-ethyl adjacent to an activating group) is 1. The molecule has 0 unspecified atom stereocenters. The van der Waals surface area contributed by atoms with Gasteiger partial charge >= 0.3 is 6.03 Å². The summed E-state index contributed by atoms with van der Waals surface area (Å²) in [7, 11) is 1.68. The van der Waals surface area contributed by atoms with Gasteiger partial charge < -0.3 is 15.5 Å². The highest BCUT2D eigenvalue weighted by atomic mass is 35.5. The van der Waals surface area contributed by atoms with Crippen LogP contribution in [0.2, 0.25) is 5.02 Å². The number of carbonyl (C=O) groups is 2. The summed E-state index contributed by atoms with van der Waals surface area (Å²) in [5, 5.41) is 4.98. The Morgan fingerprint density at radius 1 is 1.53 bits per heavy atom. The van der Waals surface area contributed by atoms with Crippen LogP contribution in [0.15, 0.2) is 18.2 Å². The van der Waals surface area contributed by atoms with E-state index in [1.165, 1.54) is 12.1 Å². The lowest BCUT2D eigenvalue weighted by atomic mass is 10.2. The maximum absolute atomic E-state index is 13.2. The van der Waals surface area contributed by atoms with Crippen molar-refractivity contribution in [1.82, 2.24) is 10.2 Å². The lowest BCUT2D eigenvalue weighted by Gasteiger charge is -2.13. The van der Waals surface area contributed by atoms with E-state index in [0.29, 0.717) is 13.0 Å². The molecule has 7 heteroatoms. The van der Waals surface area contributed by atoms with E-state index < -0.39 is 17.9 Å². The predicted molar refractivity (Wildman–Crippen MR) is 69.6 cm³/mol. The summed E-state index contributed by atoms with van der Waals surface area (Å²) in [5.41, 5.74) is 0.276. The van der Waals surface area contributed by atoms with Crippen LogP contribution >= 0.6 is 11.6 Å². The van der Waals surface area contributed by atoms with Gasteiger partial charge in [-0.2, -0.15) is 0 Å². The average molecular weight is 286 g/mol. The lowest BCUT2D eigenvalue weighted by molar-refractivity contribution is -0.128. The van der Waals surface area contributed by atoms with Crippen LogP contribution in [0.25, 0.3) is 0 Å². The zero-order chi connectivity index (χ0) is 14.0. The smallest absolute Gasteiger partial charge is 0.319 e. The van der Waals surface area contributed by atoms with Gasteiger partial charge in [0.2, 0.25) is 5.91 Å². The van der Waals surface area contributed by atoms with Crippen LogP contribution in [-0.4, -0.2) is 36.5 Å². The van der Waals surface area contributed by atoms with Crippen molar-refractivity contribution < 1.29 is 14.0 Å². The largest absolute Gasteiger partial charge is 0.344 e. The fourth-order valence-corrected chi connectivity index (χ4v) is 1.97. The minimum atomic E-state index is -0.615. The first kappa shape index (κ1) is 13.6. The Morgan fingerprint density at radius 2 is 2.26 bits per heavy atom. The van der Waals surface area contributed by atoms with Gasteiger partial charge in [0.15, 0.2) is 0 Å². The van der Waals surface area contributed by atoms with Crippen molar-refractivity contribution in [2.24, 2.45) is 0 Å². The quantitative estimate of drug-likeness (QED) is 0.871. The second-order valence-corrected chi connectivity index (χ2v) is 4.74. The number of hydrogen-bond donors (Lipinski definition) is 2. The number of amides is 3. The molecule has 1 fully saturated rings. The third-order valence-corrected chi connectivity index (χ3v) is 3.22. The average Bonchev–Trinajstić information content (AvgIpc) is 2.66. The summed E-state index contributed by atoms with van der Waals surface area (Å²) in [5.74, 6) is -0.742. The number of urea groups is 1. The molecule has 1 atom stereocenters. The first-order valence-corrected chi connectivity index (χ1v) is 6.12. The molecule has 5 nitrogen and oxygen atoms in total. The zero-order valence-electron chi connectivity index (χ0n) is 10.2. The number of carbonyl (C=O) groups excluding carboxylic acids is 2. The van der Waals surface area contributed by atoms with Crippen molar-refractivity contribution in [2.75, 3.05) is 18.9 Å². The summed E-state index contributed by atoms with van der Waals surface area (Å²) < 4.78 is 13.2. The van der Waals surface area contributed by atoms with Crippen molar-refractivity contribution in [3.8, 4) is 0 Å². The first-order chi connectivity index (χ1) is 8.97. The number of nitrogens with one attached hydrogen (secondary N) is 2. The molecule has 0 bridgehead atoms. The van der Waals surface area contributed by atoms with E-state index in [1.54, 1.807) is 11.9 Å². The van der Waals surface area contributed by atoms with Gasteiger partial charge in [-0.1, -0.05) is 11.6 Å². The van der Waals surface area contributed by atoms with Gasteiger partial charge in [0.1, 0.15) is 11.9 Å². The Labute approximate surface area is 114 Å². The van der Waals surface area contributed by atoms with Crippen LogP contribution < -0.4 is 10.6 Å². The van der Waals surface area contributed by atoms with E-state index in [9.17, 15) is 14.0 Å². The summed E-state index contributed by atoms with van der Waals surface area (Å²) in [6.07, 6.45) is 0.567. The monoisotopic (exact) mass is 285 g/mol. The molecule has 0 saturated carbocycles. The van der Waals surface area contributed by atoms with E-state index in [1.807, 2.05) is 0 Å². The molecule has 0 radical (unpaired) electrons. The molecule has 2 rings (SSSR count). The van der Waals surface area contributed by atoms with Crippen LogP contribution in [-0.2, 0) is 4.79 Å². The normalized spacial score (nSPS) is 18.6. The maximum atomic E-state index is 13.2. The lowest BCUT2D eigenvalue weighted by Crippen LogP contribution is -2.42. The maximum Gasteiger partial charge on any atom is 0.319 e. The van der Waals surface area contributed by atoms with Crippen molar-refractivity contribution in [2.45, 2.75) is 12.5 Å². The third kappa shape index (κ3) is 3.14. The fourth-order valence-electron chi connectivity index (χ4n) is 1.86. The molecule has 19 heavy (non-hydrogen) atoms. The topological polar surface area (TPSA) is 61.4 Å².